The van der Waals surface area contributed by atoms with Crippen molar-refractivity contribution in [3.63, 3.8) is 0 Å². The van der Waals surface area contributed by atoms with Gasteiger partial charge in [-0.2, -0.15) is 0 Å². The van der Waals surface area contributed by atoms with Gasteiger partial charge in [-0.05, 0) is 64.4 Å². The van der Waals surface area contributed by atoms with E-state index >= 15 is 0 Å². The summed E-state index contributed by atoms with van der Waals surface area (Å²) in [6.07, 6.45) is 4.51. The predicted octanol–water partition coefficient (Wildman–Crippen LogP) is 5.43. The van der Waals surface area contributed by atoms with Crippen LogP contribution in [0.1, 0.15) is 71.9 Å². The Hall–Kier alpha value is -4.14. The second-order valence-corrected chi connectivity index (χ2v) is 11.8. The van der Waals surface area contributed by atoms with Gasteiger partial charge in [0.25, 0.3) is 5.56 Å². The Balaban J connectivity index is 1.25. The first-order valence-corrected chi connectivity index (χ1v) is 15.1. The number of piperazine rings is 1. The summed E-state index contributed by atoms with van der Waals surface area (Å²) in [5, 5.41) is 14.2. The lowest BCUT2D eigenvalue weighted by molar-refractivity contribution is 0.0850. The van der Waals surface area contributed by atoms with Crippen LogP contribution in [-0.2, 0) is 0 Å². The molecule has 1 unspecified atom stereocenters. The molecule has 0 bridgehead atoms. The number of aryl methyl sites for hydroxylation is 1. The van der Waals surface area contributed by atoms with Gasteiger partial charge < -0.3 is 4.98 Å². The van der Waals surface area contributed by atoms with E-state index < -0.39 is 0 Å². The normalized spacial score (nSPS) is 17.8. The molecule has 1 aliphatic carbocycles. The number of benzene rings is 3. The standard InChI is InChI=1S/C34H37N7O/c1-24-16-17-27-23-29(34(42)35-30(27)22-24)32(33-36-37-38-41(33)28-14-8-9-15-28)40-20-18-39(19-21-40)31(25-10-4-2-5-11-25)26-12-6-3-7-13-26/h2-7,10-13,16-17,22-23,28,31-32H,8-9,14-15,18-21H2,1H3,(H,35,42). The lowest BCUT2D eigenvalue weighted by atomic mass is 9.96. The number of hydrogen-bond acceptors (Lipinski definition) is 6. The van der Waals surface area contributed by atoms with Crippen LogP contribution in [0, 0.1) is 6.92 Å². The number of H-pyrrole nitrogens is 1. The van der Waals surface area contributed by atoms with Gasteiger partial charge in [0, 0.05) is 37.3 Å². The molecule has 8 heteroatoms. The van der Waals surface area contributed by atoms with E-state index in [1.165, 1.54) is 24.0 Å². The first-order valence-electron chi connectivity index (χ1n) is 15.1. The summed E-state index contributed by atoms with van der Waals surface area (Å²) < 4.78 is 2.01. The van der Waals surface area contributed by atoms with E-state index in [-0.39, 0.29) is 23.7 Å². The van der Waals surface area contributed by atoms with Crippen molar-refractivity contribution in [2.75, 3.05) is 26.2 Å². The summed E-state index contributed by atoms with van der Waals surface area (Å²) >= 11 is 0. The van der Waals surface area contributed by atoms with E-state index in [1.54, 1.807) is 0 Å². The maximum Gasteiger partial charge on any atom is 0.253 e. The van der Waals surface area contributed by atoms with E-state index in [4.69, 9.17) is 0 Å². The number of hydrogen-bond donors (Lipinski definition) is 1. The number of nitrogens with one attached hydrogen (secondary N) is 1. The second kappa shape index (κ2) is 11.6. The molecule has 1 atom stereocenters. The zero-order valence-electron chi connectivity index (χ0n) is 24.1. The highest BCUT2D eigenvalue weighted by Gasteiger charge is 2.36. The molecule has 2 fully saturated rings. The summed E-state index contributed by atoms with van der Waals surface area (Å²) in [4.78, 5) is 21.9. The average molecular weight is 560 g/mol. The van der Waals surface area contributed by atoms with Crippen molar-refractivity contribution in [3.05, 3.63) is 123 Å². The molecule has 1 saturated heterocycles. The lowest BCUT2D eigenvalue weighted by Gasteiger charge is -2.42. The van der Waals surface area contributed by atoms with Gasteiger partial charge in [-0.25, -0.2) is 4.68 Å². The number of tetrazole rings is 1. The first-order chi connectivity index (χ1) is 20.7. The van der Waals surface area contributed by atoms with Gasteiger partial charge in [-0.1, -0.05) is 85.6 Å². The molecule has 3 heterocycles. The fourth-order valence-electron chi connectivity index (χ4n) is 6.96. The largest absolute Gasteiger partial charge is 0.322 e. The van der Waals surface area contributed by atoms with E-state index in [9.17, 15) is 4.79 Å². The van der Waals surface area contributed by atoms with Crippen LogP contribution in [0.25, 0.3) is 10.9 Å². The zero-order chi connectivity index (χ0) is 28.5. The number of nitrogens with zero attached hydrogens (tertiary/aromatic N) is 6. The van der Waals surface area contributed by atoms with Gasteiger partial charge in [-0.15, -0.1) is 5.10 Å². The highest BCUT2D eigenvalue weighted by atomic mass is 16.1. The van der Waals surface area contributed by atoms with E-state index in [0.717, 1.165) is 61.3 Å². The van der Waals surface area contributed by atoms with Crippen molar-refractivity contribution in [1.82, 2.24) is 35.0 Å². The molecule has 1 aliphatic heterocycles. The van der Waals surface area contributed by atoms with Crippen molar-refractivity contribution < 1.29 is 0 Å². The maximum atomic E-state index is 13.7. The first kappa shape index (κ1) is 26.7. The molecule has 42 heavy (non-hydrogen) atoms. The van der Waals surface area contributed by atoms with Gasteiger partial charge in [0.15, 0.2) is 5.82 Å². The maximum absolute atomic E-state index is 13.7. The number of fused-ring (bicyclic) bond motifs is 1. The minimum absolute atomic E-state index is 0.0760. The summed E-state index contributed by atoms with van der Waals surface area (Å²) in [6, 6.07) is 29.9. The summed E-state index contributed by atoms with van der Waals surface area (Å²) in [7, 11) is 0. The zero-order valence-corrected chi connectivity index (χ0v) is 24.1. The van der Waals surface area contributed by atoms with E-state index in [2.05, 4.69) is 109 Å². The Bertz CT molecular complexity index is 1660. The van der Waals surface area contributed by atoms with Crippen LogP contribution >= 0.6 is 0 Å². The fourth-order valence-corrected chi connectivity index (χ4v) is 6.96. The van der Waals surface area contributed by atoms with Gasteiger partial charge in [0.05, 0.1) is 12.1 Å². The molecule has 2 aliphatic rings. The molecule has 3 aromatic carbocycles. The topological polar surface area (TPSA) is 82.9 Å². The number of aromatic amines is 1. The van der Waals surface area contributed by atoms with Crippen LogP contribution in [0.2, 0.25) is 0 Å². The SMILES string of the molecule is Cc1ccc2cc(C(c3nnnn3C3CCCC3)N3CCN(C(c4ccccc4)c4ccccc4)CC3)c(=O)[nH]c2c1. The van der Waals surface area contributed by atoms with Crippen LogP contribution in [0.4, 0.5) is 0 Å². The summed E-state index contributed by atoms with van der Waals surface area (Å²) in [5.41, 5.74) is 5.19. The quantitative estimate of drug-likeness (QED) is 0.286. The third kappa shape index (κ3) is 5.16. The molecule has 2 aromatic heterocycles. The second-order valence-electron chi connectivity index (χ2n) is 11.8. The van der Waals surface area contributed by atoms with Gasteiger partial charge in [0.1, 0.15) is 6.04 Å². The minimum Gasteiger partial charge on any atom is -0.322 e. The summed E-state index contributed by atoms with van der Waals surface area (Å²) in [6.45, 7) is 5.36. The molecule has 0 amide bonds. The number of aromatic nitrogens is 5. The fraction of sp³-hybridized carbons (Fsp3) is 0.353. The molecule has 8 nitrogen and oxygen atoms in total. The Morgan fingerprint density at radius 2 is 1.40 bits per heavy atom. The Morgan fingerprint density at radius 3 is 2.05 bits per heavy atom. The number of pyridine rings is 1. The van der Waals surface area contributed by atoms with Crippen molar-refractivity contribution in [1.29, 1.82) is 0 Å². The highest BCUT2D eigenvalue weighted by Crippen LogP contribution is 2.36. The molecule has 0 radical (unpaired) electrons. The van der Waals surface area contributed by atoms with Gasteiger partial charge in [0.2, 0.25) is 0 Å². The van der Waals surface area contributed by atoms with E-state index in [0.29, 0.717) is 5.56 Å². The Morgan fingerprint density at radius 1 is 0.786 bits per heavy atom. The number of rotatable bonds is 7. The minimum atomic E-state index is -0.330. The lowest BCUT2D eigenvalue weighted by Crippen LogP contribution is -2.50. The van der Waals surface area contributed by atoms with Crippen molar-refractivity contribution in [3.8, 4) is 0 Å². The van der Waals surface area contributed by atoms with Gasteiger partial charge in [-0.3, -0.25) is 14.6 Å². The average Bonchev–Trinajstić information content (AvgIpc) is 3.73. The van der Waals surface area contributed by atoms with Crippen LogP contribution in [0.3, 0.4) is 0 Å². The van der Waals surface area contributed by atoms with Crippen molar-refractivity contribution in [2.24, 2.45) is 0 Å². The molecule has 1 saturated carbocycles. The third-order valence-electron chi connectivity index (χ3n) is 9.07. The smallest absolute Gasteiger partial charge is 0.253 e. The molecular formula is C34H37N7O. The molecule has 214 valence electrons. The molecular weight excluding hydrogens is 522 g/mol. The molecule has 0 spiro atoms. The van der Waals surface area contributed by atoms with Gasteiger partial charge >= 0.3 is 0 Å². The molecule has 5 aromatic rings. The van der Waals surface area contributed by atoms with Crippen molar-refractivity contribution in [2.45, 2.75) is 50.7 Å². The monoisotopic (exact) mass is 559 g/mol. The van der Waals surface area contributed by atoms with E-state index in [1.807, 2.05) is 17.7 Å². The van der Waals surface area contributed by atoms with Crippen LogP contribution in [-0.4, -0.2) is 61.2 Å². The predicted molar refractivity (Wildman–Crippen MR) is 164 cm³/mol. The van der Waals surface area contributed by atoms with Crippen LogP contribution in [0.5, 0.6) is 0 Å². The Labute approximate surface area is 246 Å². The highest BCUT2D eigenvalue weighted by molar-refractivity contribution is 5.79. The third-order valence-corrected chi connectivity index (χ3v) is 9.07. The molecule has 1 N–H and O–H groups in total. The molecule has 7 rings (SSSR count). The van der Waals surface area contributed by atoms with Crippen LogP contribution in [0.15, 0.2) is 89.7 Å². The van der Waals surface area contributed by atoms with Crippen molar-refractivity contribution >= 4 is 10.9 Å². The summed E-state index contributed by atoms with van der Waals surface area (Å²) in [5.74, 6) is 0.773. The van der Waals surface area contributed by atoms with Crippen LogP contribution < -0.4 is 5.56 Å². The Kier molecular flexibility index (Phi) is 7.40.